The third kappa shape index (κ3) is 2.73. The number of rotatable bonds is 3. The van der Waals surface area contributed by atoms with Crippen molar-refractivity contribution >= 4 is 11.3 Å². The Labute approximate surface area is 107 Å². The molecule has 0 bridgehead atoms. The van der Waals surface area contributed by atoms with E-state index in [1.807, 2.05) is 0 Å². The summed E-state index contributed by atoms with van der Waals surface area (Å²) >= 11 is 1.65. The Morgan fingerprint density at radius 1 is 1.29 bits per heavy atom. The lowest BCUT2D eigenvalue weighted by Crippen LogP contribution is -2.16. The molecule has 0 aliphatic rings. The van der Waals surface area contributed by atoms with E-state index in [4.69, 9.17) is 5.73 Å². The molecule has 1 aromatic heterocycles. The van der Waals surface area contributed by atoms with Gasteiger partial charge in [-0.3, -0.25) is 0 Å². The average molecular weight is 246 g/mol. The summed E-state index contributed by atoms with van der Waals surface area (Å²) in [6, 6.07) is 8.44. The van der Waals surface area contributed by atoms with Crippen molar-refractivity contribution in [2.75, 3.05) is 0 Å². The number of thiazole rings is 1. The summed E-state index contributed by atoms with van der Waals surface area (Å²) in [7, 11) is 0. The molecule has 1 unspecified atom stereocenters. The molecule has 2 aromatic rings. The lowest BCUT2D eigenvalue weighted by molar-refractivity contribution is 0.512. The van der Waals surface area contributed by atoms with Gasteiger partial charge in [0.15, 0.2) is 0 Å². The van der Waals surface area contributed by atoms with Crippen LogP contribution in [0.3, 0.4) is 0 Å². The highest BCUT2D eigenvalue weighted by atomic mass is 32.1. The Bertz CT molecular complexity index is 502. The van der Waals surface area contributed by atoms with Crippen LogP contribution in [0.5, 0.6) is 0 Å². The van der Waals surface area contributed by atoms with Crippen molar-refractivity contribution in [3.05, 3.63) is 40.2 Å². The van der Waals surface area contributed by atoms with Crippen molar-refractivity contribution in [3.8, 4) is 11.3 Å². The molecule has 0 aliphatic carbocycles. The Hall–Kier alpha value is -1.19. The second kappa shape index (κ2) is 4.98. The predicted octanol–water partition coefficient (Wildman–Crippen LogP) is 3.77. The van der Waals surface area contributed by atoms with Crippen LogP contribution in [0.2, 0.25) is 0 Å². The summed E-state index contributed by atoms with van der Waals surface area (Å²) in [5.41, 5.74) is 9.56. The predicted molar refractivity (Wildman–Crippen MR) is 74.1 cm³/mol. The number of nitrogens with zero attached hydrogens (tertiary/aromatic N) is 1. The van der Waals surface area contributed by atoms with Crippen molar-refractivity contribution in [1.29, 1.82) is 0 Å². The summed E-state index contributed by atoms with van der Waals surface area (Å²) in [6.07, 6.45) is 0. The van der Waals surface area contributed by atoms with Crippen molar-refractivity contribution in [1.82, 2.24) is 4.98 Å². The fourth-order valence-electron chi connectivity index (χ4n) is 1.66. The minimum atomic E-state index is 0.0403. The molecule has 3 heteroatoms. The second-order valence-corrected chi connectivity index (χ2v) is 5.60. The Balaban J connectivity index is 2.30. The topological polar surface area (TPSA) is 38.9 Å². The van der Waals surface area contributed by atoms with E-state index in [1.165, 1.54) is 11.1 Å². The lowest BCUT2D eigenvalue weighted by atomic mass is 10.1. The first-order valence-corrected chi connectivity index (χ1v) is 6.74. The molecule has 17 heavy (non-hydrogen) atoms. The summed E-state index contributed by atoms with van der Waals surface area (Å²) in [4.78, 5) is 4.64. The van der Waals surface area contributed by atoms with Crippen LogP contribution in [0.1, 0.15) is 30.5 Å². The van der Waals surface area contributed by atoms with Crippen molar-refractivity contribution in [3.63, 3.8) is 0 Å². The molecule has 1 atom stereocenters. The van der Waals surface area contributed by atoms with Crippen molar-refractivity contribution in [2.24, 2.45) is 11.7 Å². The van der Waals surface area contributed by atoms with E-state index >= 15 is 0 Å². The van der Waals surface area contributed by atoms with Crippen molar-refractivity contribution < 1.29 is 0 Å². The van der Waals surface area contributed by atoms with Crippen LogP contribution >= 0.6 is 11.3 Å². The van der Waals surface area contributed by atoms with Crippen LogP contribution in [0.4, 0.5) is 0 Å². The highest BCUT2D eigenvalue weighted by molar-refractivity contribution is 7.10. The van der Waals surface area contributed by atoms with Crippen LogP contribution in [-0.2, 0) is 0 Å². The maximum atomic E-state index is 6.11. The van der Waals surface area contributed by atoms with Gasteiger partial charge in [0, 0.05) is 10.9 Å². The Kier molecular flexibility index (Phi) is 3.60. The fourth-order valence-corrected chi connectivity index (χ4v) is 2.66. The number of aryl methyl sites for hydroxylation is 1. The number of aromatic nitrogens is 1. The molecule has 0 amide bonds. The van der Waals surface area contributed by atoms with E-state index in [-0.39, 0.29) is 6.04 Å². The van der Waals surface area contributed by atoms with E-state index in [0.29, 0.717) is 5.92 Å². The van der Waals surface area contributed by atoms with E-state index in [1.54, 1.807) is 11.3 Å². The third-order valence-electron chi connectivity index (χ3n) is 2.84. The first-order valence-electron chi connectivity index (χ1n) is 5.86. The minimum Gasteiger partial charge on any atom is -0.322 e. The van der Waals surface area contributed by atoms with Crippen LogP contribution in [-0.4, -0.2) is 4.98 Å². The largest absolute Gasteiger partial charge is 0.322 e. The molecule has 0 fully saturated rings. The SMILES string of the molecule is Cc1cccc(-c2csc(C(N)C(C)C)n2)c1. The average Bonchev–Trinajstić information content (AvgIpc) is 2.77. The molecule has 1 aromatic carbocycles. The first kappa shape index (κ1) is 12.3. The van der Waals surface area contributed by atoms with Crippen LogP contribution in [0.25, 0.3) is 11.3 Å². The monoisotopic (exact) mass is 246 g/mol. The maximum absolute atomic E-state index is 6.11. The molecule has 0 saturated heterocycles. The zero-order chi connectivity index (χ0) is 12.4. The highest BCUT2D eigenvalue weighted by Gasteiger charge is 2.15. The first-order chi connectivity index (χ1) is 8.08. The summed E-state index contributed by atoms with van der Waals surface area (Å²) in [6.45, 7) is 6.34. The molecule has 0 saturated carbocycles. The standard InChI is InChI=1S/C14H18N2S/c1-9(2)13(15)14-16-12(8-17-14)11-6-4-5-10(3)7-11/h4-9,13H,15H2,1-3H3. The van der Waals surface area contributed by atoms with Crippen molar-refractivity contribution in [2.45, 2.75) is 26.8 Å². The zero-order valence-electron chi connectivity index (χ0n) is 10.5. The molecular formula is C14H18N2S. The van der Waals surface area contributed by atoms with Gasteiger partial charge in [0.05, 0.1) is 11.7 Å². The number of nitrogens with two attached hydrogens (primary N) is 1. The van der Waals surface area contributed by atoms with E-state index in [2.05, 4.69) is 55.4 Å². The number of hydrogen-bond donors (Lipinski definition) is 1. The van der Waals surface area contributed by atoms with Gasteiger partial charge >= 0.3 is 0 Å². The molecule has 0 aliphatic heterocycles. The highest BCUT2D eigenvalue weighted by Crippen LogP contribution is 2.27. The van der Waals surface area contributed by atoms with Gasteiger partial charge in [-0.25, -0.2) is 4.98 Å². The van der Waals surface area contributed by atoms with Crippen LogP contribution in [0, 0.1) is 12.8 Å². The second-order valence-electron chi connectivity index (χ2n) is 4.71. The summed E-state index contributed by atoms with van der Waals surface area (Å²) in [5.74, 6) is 0.423. The smallest absolute Gasteiger partial charge is 0.110 e. The normalized spacial score (nSPS) is 13.0. The van der Waals surface area contributed by atoms with Gasteiger partial charge in [-0.2, -0.15) is 0 Å². The van der Waals surface area contributed by atoms with E-state index in [9.17, 15) is 0 Å². The molecule has 90 valence electrons. The van der Waals surface area contributed by atoms with E-state index < -0.39 is 0 Å². The maximum Gasteiger partial charge on any atom is 0.110 e. The van der Waals surface area contributed by atoms with Gasteiger partial charge in [-0.15, -0.1) is 11.3 Å². The molecular weight excluding hydrogens is 228 g/mol. The van der Waals surface area contributed by atoms with Gasteiger partial charge in [-0.05, 0) is 18.9 Å². The lowest BCUT2D eigenvalue weighted by Gasteiger charge is -2.11. The number of hydrogen-bond acceptors (Lipinski definition) is 3. The Morgan fingerprint density at radius 3 is 2.71 bits per heavy atom. The molecule has 0 radical (unpaired) electrons. The van der Waals surface area contributed by atoms with Gasteiger partial charge in [0.1, 0.15) is 5.01 Å². The van der Waals surface area contributed by atoms with Gasteiger partial charge in [-0.1, -0.05) is 37.6 Å². The van der Waals surface area contributed by atoms with Gasteiger partial charge in [0.25, 0.3) is 0 Å². The third-order valence-corrected chi connectivity index (χ3v) is 3.79. The molecule has 0 spiro atoms. The van der Waals surface area contributed by atoms with Gasteiger partial charge < -0.3 is 5.73 Å². The molecule has 1 heterocycles. The quantitative estimate of drug-likeness (QED) is 0.895. The minimum absolute atomic E-state index is 0.0403. The van der Waals surface area contributed by atoms with Crippen LogP contribution < -0.4 is 5.73 Å². The molecule has 2 nitrogen and oxygen atoms in total. The Morgan fingerprint density at radius 2 is 2.06 bits per heavy atom. The molecule has 2 N–H and O–H groups in total. The molecule has 2 rings (SSSR count). The zero-order valence-corrected chi connectivity index (χ0v) is 11.3. The summed E-state index contributed by atoms with van der Waals surface area (Å²) in [5, 5.41) is 3.11. The fraction of sp³-hybridized carbons (Fsp3) is 0.357. The number of benzene rings is 1. The van der Waals surface area contributed by atoms with Gasteiger partial charge in [0.2, 0.25) is 0 Å². The van der Waals surface area contributed by atoms with Crippen LogP contribution in [0.15, 0.2) is 29.6 Å². The van der Waals surface area contributed by atoms with E-state index in [0.717, 1.165) is 10.7 Å². The summed E-state index contributed by atoms with van der Waals surface area (Å²) < 4.78 is 0.